The number of piperidine rings is 1. The molecule has 2 aromatic heterocycles. The van der Waals surface area contributed by atoms with Gasteiger partial charge < -0.3 is 19.5 Å². The van der Waals surface area contributed by atoms with Gasteiger partial charge in [0, 0.05) is 42.6 Å². The predicted molar refractivity (Wildman–Crippen MR) is 125 cm³/mol. The van der Waals surface area contributed by atoms with E-state index < -0.39 is 0 Å². The summed E-state index contributed by atoms with van der Waals surface area (Å²) in [5.41, 5.74) is 4.66. The second kappa shape index (κ2) is 7.12. The zero-order chi connectivity index (χ0) is 21.7. The average molecular weight is 425 g/mol. The molecule has 6 rings (SSSR count). The number of carbonyl (C=O) groups is 1. The number of hydrogen-bond donors (Lipinski definition) is 1. The zero-order valence-electron chi connectivity index (χ0n) is 17.9. The number of para-hydroxylation sites is 1. The Balaban J connectivity index is 1.30. The number of amides is 1. The number of nitrogens with zero attached hydrogens (tertiary/aromatic N) is 3. The lowest BCUT2D eigenvalue weighted by Gasteiger charge is -2.46. The normalized spacial score (nSPS) is 16.3. The van der Waals surface area contributed by atoms with E-state index in [9.17, 15) is 4.79 Å². The number of methoxy groups -OCH3 is 1. The number of carbonyl (C=O) groups excluding carboxylic acids is 1. The molecule has 1 amide bonds. The number of fused-ring (bicyclic) bond motifs is 5. The molecule has 4 heterocycles. The minimum Gasteiger partial charge on any atom is -0.497 e. The Hall–Kier alpha value is -3.80. The van der Waals surface area contributed by atoms with Gasteiger partial charge in [-0.25, -0.2) is 0 Å². The number of pyridine rings is 1. The van der Waals surface area contributed by atoms with E-state index in [1.54, 1.807) is 13.3 Å². The maximum atomic E-state index is 13.4. The van der Waals surface area contributed by atoms with Crippen molar-refractivity contribution in [2.75, 3.05) is 25.5 Å². The van der Waals surface area contributed by atoms with Crippen LogP contribution in [-0.4, -0.2) is 40.6 Å². The number of rotatable bonds is 2. The van der Waals surface area contributed by atoms with Crippen molar-refractivity contribution in [3.63, 3.8) is 0 Å². The second-order valence-corrected chi connectivity index (χ2v) is 8.53. The zero-order valence-corrected chi connectivity index (χ0v) is 17.9. The Morgan fingerprint density at radius 3 is 2.75 bits per heavy atom. The van der Waals surface area contributed by atoms with Crippen molar-refractivity contribution < 1.29 is 9.53 Å². The van der Waals surface area contributed by atoms with Crippen LogP contribution in [0.25, 0.3) is 16.6 Å². The number of anilines is 1. The van der Waals surface area contributed by atoms with Crippen molar-refractivity contribution in [3.05, 3.63) is 84.3 Å². The molecule has 2 aromatic carbocycles. The van der Waals surface area contributed by atoms with Crippen molar-refractivity contribution in [3.8, 4) is 11.4 Å². The third-order valence-electron chi connectivity index (χ3n) is 6.84. The molecule has 4 aromatic rings. The first-order chi connectivity index (χ1) is 15.7. The van der Waals surface area contributed by atoms with Crippen LogP contribution in [0.2, 0.25) is 0 Å². The number of ether oxygens (including phenoxy) is 1. The van der Waals surface area contributed by atoms with Crippen molar-refractivity contribution in [2.45, 2.75) is 18.4 Å². The van der Waals surface area contributed by atoms with Crippen LogP contribution in [0.4, 0.5) is 5.69 Å². The summed E-state index contributed by atoms with van der Waals surface area (Å²) in [5.74, 6) is 0.885. The maximum Gasteiger partial charge on any atom is 0.256 e. The Morgan fingerprint density at radius 1 is 1.06 bits per heavy atom. The lowest BCUT2D eigenvalue weighted by atomic mass is 9.82. The molecule has 1 fully saturated rings. The summed E-state index contributed by atoms with van der Waals surface area (Å²) in [7, 11) is 1.69. The molecule has 2 aliphatic heterocycles. The van der Waals surface area contributed by atoms with E-state index in [2.05, 4.69) is 45.3 Å². The smallest absolute Gasteiger partial charge is 0.256 e. The fraction of sp³-hybridized carbons (Fsp3) is 0.231. The molecule has 0 bridgehead atoms. The molecule has 6 nitrogen and oxygen atoms in total. The summed E-state index contributed by atoms with van der Waals surface area (Å²) >= 11 is 0. The molecule has 2 aliphatic rings. The second-order valence-electron chi connectivity index (χ2n) is 8.53. The van der Waals surface area contributed by atoms with Gasteiger partial charge >= 0.3 is 0 Å². The molecule has 0 radical (unpaired) electrons. The molecule has 0 saturated carbocycles. The van der Waals surface area contributed by atoms with E-state index in [1.807, 2.05) is 41.3 Å². The molecule has 0 unspecified atom stereocenters. The summed E-state index contributed by atoms with van der Waals surface area (Å²) in [5, 5.41) is 4.80. The Bertz CT molecular complexity index is 1330. The first-order valence-corrected chi connectivity index (χ1v) is 11.0. The van der Waals surface area contributed by atoms with Gasteiger partial charge in [-0.15, -0.1) is 0 Å². The average Bonchev–Trinajstić information content (AvgIpc) is 3.35. The molecule has 1 saturated heterocycles. The largest absolute Gasteiger partial charge is 0.497 e. The van der Waals surface area contributed by atoms with Crippen LogP contribution in [-0.2, 0) is 5.54 Å². The fourth-order valence-electron chi connectivity index (χ4n) is 5.17. The Morgan fingerprint density at radius 2 is 1.91 bits per heavy atom. The molecule has 160 valence electrons. The molecule has 1 N–H and O–H groups in total. The number of nitrogens with one attached hydrogen (secondary N) is 1. The molecule has 0 aliphatic carbocycles. The van der Waals surface area contributed by atoms with Gasteiger partial charge in [-0.3, -0.25) is 9.78 Å². The Labute approximate surface area is 186 Å². The van der Waals surface area contributed by atoms with E-state index in [0.29, 0.717) is 18.7 Å². The van der Waals surface area contributed by atoms with Gasteiger partial charge in [-0.2, -0.15) is 0 Å². The minimum absolute atomic E-state index is 0.0532. The van der Waals surface area contributed by atoms with E-state index in [4.69, 9.17) is 4.74 Å². The molecular formula is C26H24N4O2. The lowest BCUT2D eigenvalue weighted by molar-refractivity contribution is 0.0678. The third-order valence-corrected chi connectivity index (χ3v) is 6.84. The van der Waals surface area contributed by atoms with Crippen LogP contribution in [0.1, 0.15) is 28.9 Å². The predicted octanol–water partition coefficient (Wildman–Crippen LogP) is 4.59. The summed E-state index contributed by atoms with van der Waals surface area (Å²) in [6.45, 7) is 1.36. The van der Waals surface area contributed by atoms with Crippen LogP contribution in [0.3, 0.4) is 0 Å². The molecular weight excluding hydrogens is 400 g/mol. The number of aromatic nitrogens is 2. The van der Waals surface area contributed by atoms with Crippen molar-refractivity contribution >= 4 is 22.5 Å². The number of likely N-dealkylation sites (tertiary alicyclic amines) is 1. The van der Waals surface area contributed by atoms with Gasteiger partial charge in [0.25, 0.3) is 5.91 Å². The number of hydrogen-bond acceptors (Lipinski definition) is 4. The minimum atomic E-state index is -0.212. The van der Waals surface area contributed by atoms with Crippen LogP contribution in [0.15, 0.2) is 73.1 Å². The highest BCUT2D eigenvalue weighted by atomic mass is 16.5. The van der Waals surface area contributed by atoms with Gasteiger partial charge in [0.05, 0.1) is 35.1 Å². The van der Waals surface area contributed by atoms with Crippen molar-refractivity contribution in [1.29, 1.82) is 0 Å². The summed E-state index contributed by atoms with van der Waals surface area (Å²) < 4.78 is 7.71. The van der Waals surface area contributed by atoms with E-state index >= 15 is 0 Å². The first kappa shape index (κ1) is 18.9. The van der Waals surface area contributed by atoms with E-state index in [0.717, 1.165) is 40.9 Å². The standard InChI is InChI=1S/C26H24N4O2/c1-32-19-9-10-22-21(17-19)28-26(23-8-4-14-30(22)23)11-15-29(16-12-26)25(31)20-7-2-5-18-6-3-13-27-24(18)20/h2-10,13-14,17,28H,11-12,15-16H2,1H3. The molecule has 0 atom stereocenters. The van der Waals surface area contributed by atoms with Gasteiger partial charge in [-0.1, -0.05) is 18.2 Å². The monoisotopic (exact) mass is 424 g/mol. The van der Waals surface area contributed by atoms with Crippen LogP contribution in [0.5, 0.6) is 5.75 Å². The maximum absolute atomic E-state index is 13.4. The highest BCUT2D eigenvalue weighted by Crippen LogP contribution is 2.44. The van der Waals surface area contributed by atoms with Gasteiger partial charge in [0.1, 0.15) is 5.75 Å². The van der Waals surface area contributed by atoms with E-state index in [-0.39, 0.29) is 11.4 Å². The quantitative estimate of drug-likeness (QED) is 0.511. The lowest BCUT2D eigenvalue weighted by Crippen LogP contribution is -2.51. The van der Waals surface area contributed by atoms with Gasteiger partial charge in [-0.05, 0) is 49.2 Å². The third kappa shape index (κ3) is 2.79. The van der Waals surface area contributed by atoms with Crippen molar-refractivity contribution in [1.82, 2.24) is 14.5 Å². The Kier molecular flexibility index (Phi) is 4.21. The molecule has 1 spiro atoms. The van der Waals surface area contributed by atoms with Crippen LogP contribution in [0, 0.1) is 0 Å². The molecule has 6 heteroatoms. The van der Waals surface area contributed by atoms with Crippen LogP contribution < -0.4 is 10.1 Å². The van der Waals surface area contributed by atoms with Crippen LogP contribution >= 0.6 is 0 Å². The summed E-state index contributed by atoms with van der Waals surface area (Å²) in [6, 6.07) is 20.1. The highest BCUT2D eigenvalue weighted by Gasteiger charge is 2.42. The van der Waals surface area contributed by atoms with Gasteiger partial charge in [0.15, 0.2) is 0 Å². The number of benzene rings is 2. The van der Waals surface area contributed by atoms with Crippen molar-refractivity contribution in [2.24, 2.45) is 0 Å². The molecule has 32 heavy (non-hydrogen) atoms. The topological polar surface area (TPSA) is 59.4 Å². The highest BCUT2D eigenvalue weighted by molar-refractivity contribution is 6.05. The fourth-order valence-corrected chi connectivity index (χ4v) is 5.17. The van der Waals surface area contributed by atoms with E-state index in [1.165, 1.54) is 5.69 Å². The summed E-state index contributed by atoms with van der Waals surface area (Å²) in [4.78, 5) is 19.8. The SMILES string of the molecule is COc1ccc2c(c1)NC1(CCN(C(=O)c3cccc4cccnc34)CC1)c1cccn1-2. The van der Waals surface area contributed by atoms with Gasteiger partial charge in [0.2, 0.25) is 0 Å². The first-order valence-electron chi connectivity index (χ1n) is 11.0. The summed E-state index contributed by atoms with van der Waals surface area (Å²) in [6.07, 6.45) is 5.52.